The molecule has 0 aromatic carbocycles. The van der Waals surface area contributed by atoms with E-state index in [1.54, 1.807) is 0 Å². The van der Waals surface area contributed by atoms with Gasteiger partial charge in [0, 0.05) is 20.8 Å². The van der Waals surface area contributed by atoms with E-state index in [0.717, 1.165) is 20.8 Å². The number of aldehydes is 1. The number of aliphatic hydroxyl groups excluding tert-OH is 1. The van der Waals surface area contributed by atoms with Crippen LogP contribution in [0.25, 0.3) is 0 Å². The van der Waals surface area contributed by atoms with Crippen molar-refractivity contribution in [3.63, 3.8) is 0 Å². The van der Waals surface area contributed by atoms with E-state index < -0.39 is 49.0 Å². The fraction of sp³-hybridized carbons (Fsp3) is 0.667. The summed E-state index contributed by atoms with van der Waals surface area (Å²) in [5.74, 6) is -2.58. The second-order valence-electron chi connectivity index (χ2n) is 4.10. The van der Waals surface area contributed by atoms with Crippen LogP contribution in [0.3, 0.4) is 0 Å². The van der Waals surface area contributed by atoms with Crippen LogP contribution in [-0.4, -0.2) is 60.4 Å². The first-order valence-corrected chi connectivity index (χ1v) is 5.94. The van der Waals surface area contributed by atoms with Crippen molar-refractivity contribution in [3.8, 4) is 0 Å². The monoisotopic (exact) mass is 308 g/mol. The van der Waals surface area contributed by atoms with E-state index in [9.17, 15) is 28.7 Å². The summed E-state index contributed by atoms with van der Waals surface area (Å²) >= 11 is 0. The van der Waals surface area contributed by atoms with Crippen molar-refractivity contribution >= 4 is 24.2 Å². The summed E-state index contributed by atoms with van der Waals surface area (Å²) in [5.41, 5.74) is 0. The number of carbonyl (C=O) groups is 4. The Morgan fingerprint density at radius 2 is 1.52 bits per heavy atom. The summed E-state index contributed by atoms with van der Waals surface area (Å²) in [5, 5.41) is 9.81. The minimum Gasteiger partial charge on any atom is -0.463 e. The maximum Gasteiger partial charge on any atom is 0.303 e. The second-order valence-corrected chi connectivity index (χ2v) is 4.10. The molecule has 0 rings (SSSR count). The van der Waals surface area contributed by atoms with Gasteiger partial charge in [-0.1, -0.05) is 0 Å². The van der Waals surface area contributed by atoms with Crippen LogP contribution in [0.5, 0.6) is 0 Å². The predicted octanol–water partition coefficient (Wildman–Crippen LogP) is -0.689. The fourth-order valence-corrected chi connectivity index (χ4v) is 1.44. The molecule has 0 radical (unpaired) electrons. The molecule has 4 atom stereocenters. The van der Waals surface area contributed by atoms with E-state index in [2.05, 4.69) is 14.2 Å². The summed E-state index contributed by atoms with van der Waals surface area (Å²) in [7, 11) is 0. The van der Waals surface area contributed by atoms with Gasteiger partial charge in [0.2, 0.25) is 0 Å². The first-order chi connectivity index (χ1) is 9.68. The molecule has 0 aliphatic heterocycles. The van der Waals surface area contributed by atoms with Crippen molar-refractivity contribution < 1.29 is 42.9 Å². The average molecular weight is 308 g/mol. The molecule has 1 N–H and O–H groups in total. The number of hydrogen-bond donors (Lipinski definition) is 1. The van der Waals surface area contributed by atoms with Crippen molar-refractivity contribution in [3.05, 3.63) is 0 Å². The topological polar surface area (TPSA) is 116 Å². The van der Waals surface area contributed by atoms with E-state index >= 15 is 0 Å². The van der Waals surface area contributed by atoms with Crippen LogP contribution in [0.4, 0.5) is 4.39 Å². The highest BCUT2D eigenvalue weighted by atomic mass is 19.1. The normalized spacial score (nSPS) is 16.0. The molecule has 0 unspecified atom stereocenters. The lowest BCUT2D eigenvalue weighted by Gasteiger charge is -2.29. The maximum absolute atomic E-state index is 13.6. The molecule has 120 valence electrons. The van der Waals surface area contributed by atoms with Crippen molar-refractivity contribution in [2.75, 3.05) is 6.61 Å². The van der Waals surface area contributed by atoms with Gasteiger partial charge < -0.3 is 19.3 Å². The lowest BCUT2D eigenvalue weighted by Crippen LogP contribution is -2.50. The fourth-order valence-electron chi connectivity index (χ4n) is 1.44. The summed E-state index contributed by atoms with van der Waals surface area (Å²) in [6, 6.07) is 0. The van der Waals surface area contributed by atoms with Crippen LogP contribution in [0.1, 0.15) is 20.8 Å². The predicted molar refractivity (Wildman–Crippen MR) is 64.7 cm³/mol. The largest absolute Gasteiger partial charge is 0.463 e. The molecule has 0 aromatic heterocycles. The Balaban J connectivity index is 5.18. The van der Waals surface area contributed by atoms with Gasteiger partial charge in [-0.2, -0.15) is 0 Å². The summed E-state index contributed by atoms with van der Waals surface area (Å²) < 4.78 is 27.3. The SMILES string of the molecule is CC(=O)OC[C@@H](O)[C@@H](OC(C)=O)[C@H](OC(C)=O)[C@@H](F)C=O. The molecule has 0 aromatic rings. The zero-order chi connectivity index (χ0) is 16.6. The number of aliphatic hydroxyl groups is 1. The maximum atomic E-state index is 13.6. The van der Waals surface area contributed by atoms with Gasteiger partial charge in [0.25, 0.3) is 0 Å². The highest BCUT2D eigenvalue weighted by molar-refractivity contribution is 5.68. The number of alkyl halides is 1. The van der Waals surface area contributed by atoms with Crippen LogP contribution in [0, 0.1) is 0 Å². The zero-order valence-electron chi connectivity index (χ0n) is 11.8. The molecule has 0 amide bonds. The van der Waals surface area contributed by atoms with Crippen molar-refractivity contribution in [2.45, 2.75) is 45.3 Å². The minimum absolute atomic E-state index is 0.164. The Morgan fingerprint density at radius 3 is 1.90 bits per heavy atom. The Bertz CT molecular complexity index is 397. The van der Waals surface area contributed by atoms with Crippen LogP contribution in [0.15, 0.2) is 0 Å². The second kappa shape index (κ2) is 9.01. The molecule has 0 bridgehead atoms. The van der Waals surface area contributed by atoms with E-state index in [-0.39, 0.29) is 6.29 Å². The van der Waals surface area contributed by atoms with Crippen molar-refractivity contribution in [1.82, 2.24) is 0 Å². The molecule has 0 spiro atoms. The van der Waals surface area contributed by atoms with E-state index in [4.69, 9.17) is 0 Å². The lowest BCUT2D eigenvalue weighted by molar-refractivity contribution is -0.185. The van der Waals surface area contributed by atoms with E-state index in [0.29, 0.717) is 0 Å². The number of hydrogen-bond acceptors (Lipinski definition) is 8. The third-order valence-corrected chi connectivity index (χ3v) is 2.21. The zero-order valence-corrected chi connectivity index (χ0v) is 11.8. The van der Waals surface area contributed by atoms with Crippen molar-refractivity contribution in [2.24, 2.45) is 0 Å². The molecular formula is C12H17FO8. The molecule has 0 aliphatic carbocycles. The number of rotatable bonds is 8. The van der Waals surface area contributed by atoms with Crippen LogP contribution in [0.2, 0.25) is 0 Å². The molecule has 0 fully saturated rings. The Labute approximate surface area is 120 Å². The van der Waals surface area contributed by atoms with Gasteiger partial charge in [-0.3, -0.25) is 19.2 Å². The van der Waals surface area contributed by atoms with Crippen LogP contribution >= 0.6 is 0 Å². The number of carbonyl (C=O) groups excluding carboxylic acids is 4. The van der Waals surface area contributed by atoms with E-state index in [1.807, 2.05) is 0 Å². The summed E-state index contributed by atoms with van der Waals surface area (Å²) in [4.78, 5) is 43.2. The summed E-state index contributed by atoms with van der Waals surface area (Å²) in [6.07, 6.45) is -7.73. The average Bonchev–Trinajstić information content (AvgIpc) is 2.38. The van der Waals surface area contributed by atoms with Crippen molar-refractivity contribution in [1.29, 1.82) is 0 Å². The first kappa shape index (κ1) is 19.0. The van der Waals surface area contributed by atoms with Gasteiger partial charge in [0.15, 0.2) is 24.7 Å². The summed E-state index contributed by atoms with van der Waals surface area (Å²) in [6.45, 7) is 2.37. The van der Waals surface area contributed by atoms with Gasteiger partial charge in [0.1, 0.15) is 12.7 Å². The number of halogens is 1. The van der Waals surface area contributed by atoms with Crippen LogP contribution in [-0.2, 0) is 33.4 Å². The van der Waals surface area contributed by atoms with Gasteiger partial charge >= 0.3 is 17.9 Å². The highest BCUT2D eigenvalue weighted by Gasteiger charge is 2.40. The first-order valence-electron chi connectivity index (χ1n) is 5.94. The van der Waals surface area contributed by atoms with Gasteiger partial charge in [-0.15, -0.1) is 0 Å². The highest BCUT2D eigenvalue weighted by Crippen LogP contribution is 2.16. The minimum atomic E-state index is -2.33. The van der Waals surface area contributed by atoms with Crippen LogP contribution < -0.4 is 0 Å². The van der Waals surface area contributed by atoms with Gasteiger partial charge in [0.05, 0.1) is 0 Å². The third kappa shape index (κ3) is 7.35. The Morgan fingerprint density at radius 1 is 1.05 bits per heavy atom. The molecule has 9 heteroatoms. The lowest BCUT2D eigenvalue weighted by atomic mass is 10.0. The quantitative estimate of drug-likeness (QED) is 0.356. The molecule has 0 saturated carbocycles. The van der Waals surface area contributed by atoms with Gasteiger partial charge in [-0.25, -0.2) is 4.39 Å². The molecule has 0 heterocycles. The Kier molecular flexibility index (Phi) is 8.14. The molecule has 0 saturated heterocycles. The molecule has 0 aliphatic rings. The smallest absolute Gasteiger partial charge is 0.303 e. The third-order valence-electron chi connectivity index (χ3n) is 2.21. The number of esters is 3. The molecule has 21 heavy (non-hydrogen) atoms. The molecule has 8 nitrogen and oxygen atoms in total. The molecular weight excluding hydrogens is 291 g/mol. The number of ether oxygens (including phenoxy) is 3. The Hall–Kier alpha value is -2.03. The standard InChI is InChI=1S/C12H17FO8/c1-6(15)19-5-10(18)12(21-8(3)17)11(9(13)4-14)20-7(2)16/h4,9-12,18H,5H2,1-3H3/t9-,10+,11+,12+/m0/s1. The van der Waals surface area contributed by atoms with Gasteiger partial charge in [-0.05, 0) is 0 Å². The van der Waals surface area contributed by atoms with E-state index in [1.165, 1.54) is 0 Å².